The smallest absolute Gasteiger partial charge is 0.328 e. The molecule has 3 atom stereocenters. The SMILES string of the molecule is CCCC[C@H](NC(=O)[C@@H](Cc1ccc(-c2ccccc2)cc1)CP(=O)(O)CCc1ccccc1)C(=O)OC. The van der Waals surface area contributed by atoms with Gasteiger partial charge in [-0.3, -0.25) is 9.36 Å². The molecular weight excluding hydrogens is 497 g/mol. The van der Waals surface area contributed by atoms with Crippen LogP contribution in [0.15, 0.2) is 84.9 Å². The highest BCUT2D eigenvalue weighted by Crippen LogP contribution is 2.43. The van der Waals surface area contributed by atoms with Crippen LogP contribution in [0.2, 0.25) is 0 Å². The molecule has 0 saturated heterocycles. The number of nitrogens with one attached hydrogen (secondary N) is 1. The molecule has 0 aliphatic heterocycles. The molecule has 2 N–H and O–H groups in total. The number of rotatable bonds is 14. The van der Waals surface area contributed by atoms with Crippen molar-refractivity contribution in [2.75, 3.05) is 19.4 Å². The Bertz CT molecular complexity index is 1200. The Morgan fingerprint density at radius 2 is 1.50 bits per heavy atom. The first-order valence-electron chi connectivity index (χ1n) is 13.2. The molecule has 0 aliphatic carbocycles. The molecule has 0 aliphatic rings. The van der Waals surface area contributed by atoms with E-state index >= 15 is 0 Å². The molecule has 0 bridgehead atoms. The summed E-state index contributed by atoms with van der Waals surface area (Å²) in [4.78, 5) is 36.6. The topological polar surface area (TPSA) is 92.7 Å². The molecule has 3 rings (SSSR count). The van der Waals surface area contributed by atoms with Gasteiger partial charge in [0.15, 0.2) is 0 Å². The van der Waals surface area contributed by atoms with Crippen molar-refractivity contribution in [1.29, 1.82) is 0 Å². The number of carbonyl (C=O) groups excluding carboxylic acids is 2. The normalized spacial score (nSPS) is 14.2. The standard InChI is InChI=1S/C31H38NO5P/c1-3-4-15-29(31(34)37-2)32-30(33)28(23-38(35,36)21-20-24-11-7-5-8-12-24)22-25-16-18-27(19-17-25)26-13-9-6-10-14-26/h5-14,16-19,28-29H,3-4,15,20-23H2,1-2H3,(H,32,33)(H,35,36)/t28-,29-/m0/s1. The minimum Gasteiger partial charge on any atom is -0.467 e. The molecule has 202 valence electrons. The quantitative estimate of drug-likeness (QED) is 0.199. The van der Waals surface area contributed by atoms with Gasteiger partial charge in [-0.2, -0.15) is 0 Å². The number of hydrogen-bond donors (Lipinski definition) is 2. The first-order valence-corrected chi connectivity index (χ1v) is 15.2. The Morgan fingerprint density at radius 3 is 2.11 bits per heavy atom. The second-order valence-corrected chi connectivity index (χ2v) is 12.2. The van der Waals surface area contributed by atoms with E-state index in [1.54, 1.807) is 0 Å². The van der Waals surface area contributed by atoms with Crippen molar-refractivity contribution in [3.05, 3.63) is 96.1 Å². The van der Waals surface area contributed by atoms with Crippen LogP contribution in [0, 0.1) is 5.92 Å². The molecule has 0 fully saturated rings. The fraction of sp³-hybridized carbons (Fsp3) is 0.355. The van der Waals surface area contributed by atoms with Crippen LogP contribution in [0.4, 0.5) is 0 Å². The number of amides is 1. The van der Waals surface area contributed by atoms with Crippen LogP contribution in [0.25, 0.3) is 11.1 Å². The molecule has 1 unspecified atom stereocenters. The lowest BCUT2D eigenvalue weighted by Gasteiger charge is -2.23. The van der Waals surface area contributed by atoms with E-state index in [1.807, 2.05) is 91.9 Å². The molecule has 0 radical (unpaired) electrons. The summed E-state index contributed by atoms with van der Waals surface area (Å²) in [7, 11) is -2.34. The third-order valence-electron chi connectivity index (χ3n) is 6.66. The van der Waals surface area contributed by atoms with Crippen LogP contribution >= 0.6 is 7.37 Å². The van der Waals surface area contributed by atoms with Crippen LogP contribution in [0.5, 0.6) is 0 Å². The maximum Gasteiger partial charge on any atom is 0.328 e. The number of aryl methyl sites for hydroxylation is 1. The van der Waals surface area contributed by atoms with Crippen molar-refractivity contribution in [3.8, 4) is 11.1 Å². The number of benzene rings is 3. The number of methoxy groups -OCH3 is 1. The molecule has 0 heterocycles. The second-order valence-electron chi connectivity index (χ2n) is 9.68. The number of esters is 1. The zero-order valence-corrected chi connectivity index (χ0v) is 23.1. The summed E-state index contributed by atoms with van der Waals surface area (Å²) in [5.41, 5.74) is 4.00. The minimum atomic E-state index is -3.63. The number of hydrogen-bond acceptors (Lipinski definition) is 4. The highest BCUT2D eigenvalue weighted by molar-refractivity contribution is 7.58. The van der Waals surface area contributed by atoms with Gasteiger partial charge in [0.25, 0.3) is 0 Å². The zero-order valence-electron chi connectivity index (χ0n) is 22.2. The molecule has 3 aromatic rings. The van der Waals surface area contributed by atoms with E-state index in [2.05, 4.69) is 5.32 Å². The van der Waals surface area contributed by atoms with E-state index in [1.165, 1.54) is 7.11 Å². The molecule has 3 aromatic carbocycles. The summed E-state index contributed by atoms with van der Waals surface area (Å²) >= 11 is 0. The minimum absolute atomic E-state index is 0.0873. The Balaban J connectivity index is 1.78. The van der Waals surface area contributed by atoms with Gasteiger partial charge in [-0.25, -0.2) is 4.79 Å². The number of carbonyl (C=O) groups is 2. The largest absolute Gasteiger partial charge is 0.467 e. The number of unbranched alkanes of at least 4 members (excludes halogenated alkanes) is 1. The molecule has 7 heteroatoms. The van der Waals surface area contributed by atoms with Crippen LogP contribution in [-0.2, 0) is 31.7 Å². The van der Waals surface area contributed by atoms with Gasteiger partial charge in [0.05, 0.1) is 13.0 Å². The molecule has 6 nitrogen and oxygen atoms in total. The summed E-state index contributed by atoms with van der Waals surface area (Å²) in [5.74, 6) is -1.68. The van der Waals surface area contributed by atoms with Gasteiger partial charge in [-0.05, 0) is 41.5 Å². The maximum atomic E-state index is 13.4. The summed E-state index contributed by atoms with van der Waals surface area (Å²) in [6, 6.07) is 26.6. The van der Waals surface area contributed by atoms with Crippen LogP contribution in [-0.4, -0.2) is 42.2 Å². The van der Waals surface area contributed by atoms with Gasteiger partial charge in [-0.15, -0.1) is 0 Å². The van der Waals surface area contributed by atoms with Crippen molar-refractivity contribution in [3.63, 3.8) is 0 Å². The Hall–Kier alpha value is -3.21. The summed E-state index contributed by atoms with van der Waals surface area (Å²) in [5, 5.41) is 2.81. The van der Waals surface area contributed by atoms with Gasteiger partial charge in [-0.1, -0.05) is 105 Å². The van der Waals surface area contributed by atoms with Crippen molar-refractivity contribution in [1.82, 2.24) is 5.32 Å². The van der Waals surface area contributed by atoms with E-state index in [9.17, 15) is 19.0 Å². The highest BCUT2D eigenvalue weighted by Gasteiger charge is 2.31. The third kappa shape index (κ3) is 9.27. The number of ether oxygens (including phenoxy) is 1. The van der Waals surface area contributed by atoms with Gasteiger partial charge in [0, 0.05) is 12.3 Å². The Morgan fingerprint density at radius 1 is 0.895 bits per heavy atom. The summed E-state index contributed by atoms with van der Waals surface area (Å²) < 4.78 is 18.2. The summed E-state index contributed by atoms with van der Waals surface area (Å²) in [6.07, 6.45) is 2.75. The van der Waals surface area contributed by atoms with Crippen molar-refractivity contribution >= 4 is 19.2 Å². The van der Waals surface area contributed by atoms with Crippen molar-refractivity contribution < 1.29 is 23.8 Å². The molecule has 1 amide bonds. The predicted octanol–water partition coefficient (Wildman–Crippen LogP) is 5.87. The highest BCUT2D eigenvalue weighted by atomic mass is 31.2. The molecular formula is C31H38NO5P. The monoisotopic (exact) mass is 535 g/mol. The average molecular weight is 536 g/mol. The Kier molecular flexibility index (Phi) is 11.3. The summed E-state index contributed by atoms with van der Waals surface area (Å²) in [6.45, 7) is 2.01. The fourth-order valence-electron chi connectivity index (χ4n) is 4.46. The van der Waals surface area contributed by atoms with Gasteiger partial charge < -0.3 is 14.9 Å². The molecule has 0 spiro atoms. The lowest BCUT2D eigenvalue weighted by atomic mass is 9.97. The van der Waals surface area contributed by atoms with Crippen LogP contribution in [0.3, 0.4) is 0 Å². The van der Waals surface area contributed by atoms with E-state index in [0.717, 1.165) is 35.1 Å². The third-order valence-corrected chi connectivity index (χ3v) is 8.59. The van der Waals surface area contributed by atoms with E-state index in [0.29, 0.717) is 19.3 Å². The first kappa shape index (κ1) is 29.3. The second kappa shape index (κ2) is 14.7. The molecule has 38 heavy (non-hydrogen) atoms. The predicted molar refractivity (Wildman–Crippen MR) is 152 cm³/mol. The van der Waals surface area contributed by atoms with E-state index in [-0.39, 0.29) is 12.3 Å². The van der Waals surface area contributed by atoms with E-state index in [4.69, 9.17) is 4.74 Å². The average Bonchev–Trinajstić information content (AvgIpc) is 2.94. The van der Waals surface area contributed by atoms with Gasteiger partial charge in [0.1, 0.15) is 6.04 Å². The Labute approximate surface area is 225 Å². The lowest BCUT2D eigenvalue weighted by Crippen LogP contribution is -2.45. The maximum absolute atomic E-state index is 13.4. The van der Waals surface area contributed by atoms with Gasteiger partial charge >= 0.3 is 5.97 Å². The van der Waals surface area contributed by atoms with Gasteiger partial charge in [0.2, 0.25) is 13.3 Å². The first-order chi connectivity index (χ1) is 18.3. The molecule has 0 saturated carbocycles. The van der Waals surface area contributed by atoms with Crippen LogP contribution < -0.4 is 5.32 Å². The zero-order chi connectivity index (χ0) is 27.4. The van der Waals surface area contributed by atoms with Crippen molar-refractivity contribution in [2.24, 2.45) is 5.92 Å². The molecule has 0 aromatic heterocycles. The lowest BCUT2D eigenvalue weighted by molar-refractivity contribution is -0.145. The fourth-order valence-corrected chi connectivity index (χ4v) is 6.24. The van der Waals surface area contributed by atoms with Crippen LogP contribution in [0.1, 0.15) is 37.3 Å². The van der Waals surface area contributed by atoms with Crippen molar-refractivity contribution in [2.45, 2.75) is 45.1 Å². The van der Waals surface area contributed by atoms with E-state index < -0.39 is 31.2 Å².